The van der Waals surface area contributed by atoms with Crippen molar-refractivity contribution in [2.45, 2.75) is 6.42 Å². The van der Waals surface area contributed by atoms with Crippen molar-refractivity contribution in [2.24, 2.45) is 0 Å². The molecule has 0 heterocycles. The number of hydrogen-bond acceptors (Lipinski definition) is 4. The fraction of sp³-hybridized carbons (Fsp3) is 0.167. The van der Waals surface area contributed by atoms with Gasteiger partial charge in [-0.2, -0.15) is 0 Å². The lowest BCUT2D eigenvalue weighted by molar-refractivity contribution is -0.113. The first-order chi connectivity index (χ1) is 7.67. The van der Waals surface area contributed by atoms with Gasteiger partial charge in [-0.05, 0) is 23.8 Å². The number of ketones is 1. The lowest BCUT2D eigenvalue weighted by Crippen LogP contribution is -1.92. The van der Waals surface area contributed by atoms with Gasteiger partial charge in [-0.3, -0.25) is 9.59 Å². The van der Waals surface area contributed by atoms with Crippen molar-refractivity contribution in [3.63, 3.8) is 0 Å². The number of carbonyl (C=O) groups excluding carboxylic acids is 2. The predicted molar refractivity (Wildman–Crippen MR) is 59.0 cm³/mol. The van der Waals surface area contributed by atoms with Gasteiger partial charge in [0.25, 0.3) is 0 Å². The Morgan fingerprint density at radius 2 is 2.31 bits per heavy atom. The standard InChI is InChI=1S/C12H11O4/c1-16-12-8-9(3-5-11(12)15)2-4-10(14)6-7-13/h2-5,8,15H,6H2,1H3. The molecule has 0 fully saturated rings. The summed E-state index contributed by atoms with van der Waals surface area (Å²) in [7, 11) is 1.44. The highest BCUT2D eigenvalue weighted by molar-refractivity contribution is 6.00. The van der Waals surface area contributed by atoms with Gasteiger partial charge in [0, 0.05) is 0 Å². The zero-order valence-corrected chi connectivity index (χ0v) is 8.77. The minimum absolute atomic E-state index is 0.0344. The van der Waals surface area contributed by atoms with E-state index in [1.165, 1.54) is 25.5 Å². The molecule has 0 spiro atoms. The van der Waals surface area contributed by atoms with Crippen LogP contribution in [0.3, 0.4) is 0 Å². The molecule has 1 N–H and O–H groups in total. The summed E-state index contributed by atoms with van der Waals surface area (Å²) < 4.78 is 4.91. The van der Waals surface area contributed by atoms with Crippen molar-refractivity contribution in [1.29, 1.82) is 0 Å². The van der Waals surface area contributed by atoms with E-state index >= 15 is 0 Å². The lowest BCUT2D eigenvalue weighted by atomic mass is 10.1. The van der Waals surface area contributed by atoms with Crippen molar-refractivity contribution in [2.75, 3.05) is 7.11 Å². The molecular formula is C12H11O4. The lowest BCUT2D eigenvalue weighted by Gasteiger charge is -2.03. The van der Waals surface area contributed by atoms with E-state index in [0.717, 1.165) is 0 Å². The summed E-state index contributed by atoms with van der Waals surface area (Å²) in [4.78, 5) is 20.9. The molecule has 0 atom stereocenters. The molecule has 0 saturated carbocycles. The molecule has 83 valence electrons. The van der Waals surface area contributed by atoms with Crippen LogP contribution < -0.4 is 4.74 Å². The Bertz CT molecular complexity index is 421. The summed E-state index contributed by atoms with van der Waals surface area (Å²) >= 11 is 0. The maximum atomic E-state index is 11.0. The average Bonchev–Trinajstić information content (AvgIpc) is 2.28. The summed E-state index contributed by atoms with van der Waals surface area (Å²) in [5.41, 5.74) is 0.703. The zero-order chi connectivity index (χ0) is 12.0. The summed E-state index contributed by atoms with van der Waals surface area (Å²) in [6.45, 7) is 0. The van der Waals surface area contributed by atoms with E-state index in [1.54, 1.807) is 18.2 Å². The number of methoxy groups -OCH3 is 1. The van der Waals surface area contributed by atoms with Crippen molar-refractivity contribution in [1.82, 2.24) is 0 Å². The number of phenolic OH excluding ortho intramolecular Hbond substituents is 1. The number of hydrogen-bond donors (Lipinski definition) is 1. The van der Waals surface area contributed by atoms with E-state index in [2.05, 4.69) is 0 Å². The quantitative estimate of drug-likeness (QED) is 0.601. The average molecular weight is 219 g/mol. The molecular weight excluding hydrogens is 208 g/mol. The predicted octanol–water partition coefficient (Wildman–Crippen LogP) is 1.48. The first-order valence-corrected chi connectivity index (χ1v) is 4.60. The molecule has 1 rings (SSSR count). The van der Waals surface area contributed by atoms with Crippen LogP contribution in [-0.2, 0) is 9.59 Å². The van der Waals surface area contributed by atoms with Gasteiger partial charge < -0.3 is 9.84 Å². The summed E-state index contributed by atoms with van der Waals surface area (Å²) in [5, 5.41) is 9.33. The number of rotatable bonds is 5. The van der Waals surface area contributed by atoms with Crippen LogP contribution in [0.2, 0.25) is 0 Å². The first kappa shape index (κ1) is 12.0. The Morgan fingerprint density at radius 1 is 1.56 bits per heavy atom. The van der Waals surface area contributed by atoms with E-state index in [9.17, 15) is 14.7 Å². The van der Waals surface area contributed by atoms with Gasteiger partial charge in [-0.1, -0.05) is 12.1 Å². The minimum atomic E-state index is -0.318. The normalized spacial score (nSPS) is 10.3. The molecule has 0 aliphatic rings. The third-order valence-corrected chi connectivity index (χ3v) is 1.91. The zero-order valence-electron chi connectivity index (χ0n) is 8.77. The van der Waals surface area contributed by atoms with Gasteiger partial charge in [0.2, 0.25) is 6.29 Å². The summed E-state index contributed by atoms with van der Waals surface area (Å²) in [5.74, 6) is 0.0470. The number of ether oxygens (including phenoxy) is 1. The SMILES string of the molecule is COc1cc(C=CC(=O)C[C]=O)ccc1O. The summed E-state index contributed by atoms with van der Waals surface area (Å²) in [6, 6.07) is 4.69. The second kappa shape index (κ2) is 5.70. The van der Waals surface area contributed by atoms with E-state index in [1.807, 2.05) is 0 Å². The summed E-state index contributed by atoms with van der Waals surface area (Å²) in [6.07, 6.45) is 4.11. The van der Waals surface area contributed by atoms with Gasteiger partial charge in [-0.25, -0.2) is 0 Å². The van der Waals surface area contributed by atoms with Crippen LogP contribution in [0.5, 0.6) is 11.5 Å². The molecule has 0 aliphatic heterocycles. The van der Waals surface area contributed by atoms with Crippen LogP contribution in [0.25, 0.3) is 6.08 Å². The van der Waals surface area contributed by atoms with Crippen molar-refractivity contribution >= 4 is 18.1 Å². The number of carbonyl (C=O) groups is 1. The van der Waals surface area contributed by atoms with Crippen LogP contribution in [0.15, 0.2) is 24.3 Å². The number of aromatic hydroxyl groups is 1. The van der Waals surface area contributed by atoms with E-state index in [0.29, 0.717) is 11.3 Å². The van der Waals surface area contributed by atoms with Crippen molar-refractivity contribution in [3.8, 4) is 11.5 Å². The van der Waals surface area contributed by atoms with E-state index in [4.69, 9.17) is 4.74 Å². The molecule has 4 nitrogen and oxygen atoms in total. The molecule has 1 radical (unpaired) electrons. The first-order valence-electron chi connectivity index (χ1n) is 4.60. The molecule has 0 unspecified atom stereocenters. The fourth-order valence-corrected chi connectivity index (χ4v) is 1.12. The Kier molecular flexibility index (Phi) is 4.27. The van der Waals surface area contributed by atoms with E-state index in [-0.39, 0.29) is 18.0 Å². The monoisotopic (exact) mass is 219 g/mol. The molecule has 0 amide bonds. The van der Waals surface area contributed by atoms with Gasteiger partial charge in [0.15, 0.2) is 17.3 Å². The maximum absolute atomic E-state index is 11.0. The van der Waals surface area contributed by atoms with Crippen molar-refractivity contribution in [3.05, 3.63) is 29.8 Å². The smallest absolute Gasteiger partial charge is 0.206 e. The fourth-order valence-electron chi connectivity index (χ4n) is 1.12. The largest absolute Gasteiger partial charge is 0.504 e. The van der Waals surface area contributed by atoms with Crippen LogP contribution in [0.1, 0.15) is 12.0 Å². The van der Waals surface area contributed by atoms with Gasteiger partial charge >= 0.3 is 0 Å². The molecule has 0 aliphatic carbocycles. The Morgan fingerprint density at radius 3 is 2.94 bits per heavy atom. The Hall–Kier alpha value is -2.10. The van der Waals surface area contributed by atoms with Crippen LogP contribution in [-0.4, -0.2) is 24.3 Å². The number of phenols is 1. The van der Waals surface area contributed by atoms with Crippen molar-refractivity contribution < 1.29 is 19.4 Å². The van der Waals surface area contributed by atoms with Gasteiger partial charge in [0.1, 0.15) is 0 Å². The minimum Gasteiger partial charge on any atom is -0.504 e. The topological polar surface area (TPSA) is 63.6 Å². The highest BCUT2D eigenvalue weighted by atomic mass is 16.5. The third kappa shape index (κ3) is 3.24. The molecule has 0 bridgehead atoms. The molecule has 0 aromatic heterocycles. The van der Waals surface area contributed by atoms with Gasteiger partial charge in [0.05, 0.1) is 13.5 Å². The molecule has 1 aromatic rings. The second-order valence-electron chi connectivity index (χ2n) is 3.05. The van der Waals surface area contributed by atoms with Crippen LogP contribution >= 0.6 is 0 Å². The Labute approximate surface area is 93.2 Å². The van der Waals surface area contributed by atoms with Crippen LogP contribution in [0, 0.1) is 0 Å². The second-order valence-corrected chi connectivity index (χ2v) is 3.05. The molecule has 4 heteroatoms. The van der Waals surface area contributed by atoms with Gasteiger partial charge in [-0.15, -0.1) is 0 Å². The Balaban J connectivity index is 2.81. The van der Waals surface area contributed by atoms with Crippen LogP contribution in [0.4, 0.5) is 0 Å². The number of allylic oxidation sites excluding steroid dienone is 1. The maximum Gasteiger partial charge on any atom is 0.206 e. The highest BCUT2D eigenvalue weighted by Crippen LogP contribution is 2.26. The molecule has 1 aromatic carbocycles. The molecule has 0 saturated heterocycles. The highest BCUT2D eigenvalue weighted by Gasteiger charge is 2.01. The third-order valence-electron chi connectivity index (χ3n) is 1.91. The van der Waals surface area contributed by atoms with E-state index < -0.39 is 0 Å². The molecule has 16 heavy (non-hydrogen) atoms. The number of benzene rings is 1.